The first kappa shape index (κ1) is 64.3. The van der Waals surface area contributed by atoms with Crippen molar-refractivity contribution in [3.05, 3.63) is 71.9 Å². The van der Waals surface area contributed by atoms with E-state index in [9.17, 15) is 49.8 Å². The van der Waals surface area contributed by atoms with Crippen LogP contribution in [-0.2, 0) is 47.6 Å². The summed E-state index contributed by atoms with van der Waals surface area (Å²) in [5, 5.41) is 61.6. The summed E-state index contributed by atoms with van der Waals surface area (Å²) in [6.07, 6.45) is 15.3. The third-order valence-electron chi connectivity index (χ3n) is 14.5. The average molecular weight is 1050 g/mol. The van der Waals surface area contributed by atoms with Gasteiger partial charge in [-0.1, -0.05) is 110 Å². The summed E-state index contributed by atoms with van der Waals surface area (Å²) in [6, 6.07) is 0. The van der Waals surface area contributed by atoms with Crippen molar-refractivity contribution in [1.29, 1.82) is 0 Å². The van der Waals surface area contributed by atoms with Crippen LogP contribution in [0.1, 0.15) is 147 Å². The Kier molecular flexibility index (Phi) is 27.7. The number of allylic oxidation sites excluding steroid dienone is 6. The molecule has 0 aromatic heterocycles. The molecule has 6 N–H and O–H groups in total. The lowest BCUT2D eigenvalue weighted by molar-refractivity contribution is -0.154. The van der Waals surface area contributed by atoms with E-state index in [1.807, 2.05) is 79.7 Å². The fourth-order valence-electron chi connectivity index (χ4n) is 9.60. The van der Waals surface area contributed by atoms with E-state index in [4.69, 9.17) is 28.4 Å². The Balaban J connectivity index is 0.000000390. The second-order valence-electron chi connectivity index (χ2n) is 21.4. The van der Waals surface area contributed by atoms with Crippen LogP contribution < -0.4 is 0 Å². The van der Waals surface area contributed by atoms with Gasteiger partial charge in [0.05, 0.1) is 67.8 Å². The molecule has 4 aliphatic heterocycles. The number of esters is 4. The van der Waals surface area contributed by atoms with E-state index >= 15 is 0 Å². The van der Waals surface area contributed by atoms with Crippen molar-refractivity contribution in [3.63, 3.8) is 0 Å². The van der Waals surface area contributed by atoms with Gasteiger partial charge in [0.15, 0.2) is 0 Å². The molecule has 2 saturated heterocycles. The highest BCUT2D eigenvalue weighted by Gasteiger charge is 2.46. The van der Waals surface area contributed by atoms with E-state index in [0.717, 1.165) is 36.8 Å². The molecule has 4 aliphatic rings. The monoisotopic (exact) mass is 1040 g/mol. The summed E-state index contributed by atoms with van der Waals surface area (Å²) in [7, 11) is 0. The van der Waals surface area contributed by atoms with Crippen molar-refractivity contribution in [2.75, 3.05) is 0 Å². The first-order valence-electron chi connectivity index (χ1n) is 27.0. The molecular weight excluding hydrogens is 953 g/mol. The largest absolute Gasteiger partial charge is 0.459 e. The Morgan fingerprint density at radius 3 is 1.47 bits per heavy atom. The van der Waals surface area contributed by atoms with E-state index in [2.05, 4.69) is 26.0 Å². The van der Waals surface area contributed by atoms with Crippen molar-refractivity contribution < 1.29 is 78.2 Å². The molecule has 0 aliphatic carbocycles. The standard InChI is InChI=1S/2C29H46O8/c1-7-23(32)20(5)29-26(36-29)15-17(2)9-8-10-18(3)28-19(4)11-14-25(35-21(6)30)24(33)13-12-22(31)16-27(34)37-28;1-7-23(32)20(5)29-26(36-29)15-17(2)9-8-10-18(3)28-19(4)11-13-24(33)25(35-21(6)30)14-12-22(31)16-27(34)37-28/h8-11,14,17,19-20,22-26,28-29,31-33H,7,12-13,15-16H2,1-6H3;8-11,13,17,19-20,22-26,28-29,31-33H,7,12,14-16H2,1-6H3/b9-8+,14-11+,18-10+;9-8+,13-11+,18-10+. The Bertz CT molecular complexity index is 1940. The van der Waals surface area contributed by atoms with Gasteiger partial charge in [-0.25, -0.2) is 0 Å². The summed E-state index contributed by atoms with van der Waals surface area (Å²) in [5.41, 5.74) is 1.65. The van der Waals surface area contributed by atoms with Crippen molar-refractivity contribution >= 4 is 23.9 Å². The summed E-state index contributed by atoms with van der Waals surface area (Å²) in [6.45, 7) is 22.3. The van der Waals surface area contributed by atoms with Gasteiger partial charge in [0.1, 0.15) is 30.5 Å². The first-order valence-corrected chi connectivity index (χ1v) is 27.0. The molecule has 4 rings (SSSR count). The molecule has 16 heteroatoms. The number of hydrogen-bond donors (Lipinski definition) is 6. The van der Waals surface area contributed by atoms with Crippen LogP contribution in [0.25, 0.3) is 0 Å². The molecule has 0 radical (unpaired) electrons. The molecule has 20 unspecified atom stereocenters. The molecule has 74 heavy (non-hydrogen) atoms. The summed E-state index contributed by atoms with van der Waals surface area (Å²) in [4.78, 5) is 48.0. The van der Waals surface area contributed by atoms with Crippen molar-refractivity contribution in [1.82, 2.24) is 0 Å². The number of aliphatic hydroxyl groups excluding tert-OH is 6. The lowest BCUT2D eigenvalue weighted by Gasteiger charge is -2.26. The van der Waals surface area contributed by atoms with Gasteiger partial charge in [-0.05, 0) is 94.3 Å². The normalized spacial score (nSPS) is 35.0. The van der Waals surface area contributed by atoms with Crippen LogP contribution in [0.5, 0.6) is 0 Å². The summed E-state index contributed by atoms with van der Waals surface area (Å²) >= 11 is 0. The first-order chi connectivity index (χ1) is 34.8. The number of rotatable bonds is 18. The number of hydrogen-bond acceptors (Lipinski definition) is 16. The topological polar surface area (TPSA) is 252 Å². The third-order valence-corrected chi connectivity index (χ3v) is 14.5. The van der Waals surface area contributed by atoms with Crippen molar-refractivity contribution in [3.8, 4) is 0 Å². The van der Waals surface area contributed by atoms with E-state index in [-0.39, 0.29) is 111 Å². The molecule has 0 saturated carbocycles. The van der Waals surface area contributed by atoms with Gasteiger partial charge in [0.25, 0.3) is 0 Å². The second-order valence-corrected chi connectivity index (χ2v) is 21.4. The van der Waals surface area contributed by atoms with Crippen LogP contribution in [0.3, 0.4) is 0 Å². The third kappa shape index (κ3) is 22.7. The van der Waals surface area contributed by atoms with Crippen LogP contribution in [-0.4, -0.2) is 140 Å². The Hall–Kier alpha value is -4.00. The SMILES string of the molecule is CCC(O)C(C)C1OC1CC(C)/C=C/C=C(\C)C1OC(=O)CC(O)CCC(O)C(OC(C)=O)/C=C/C1C.CCC(O)C(C)C1OC1CC(C)/C=C/C=C(\C)C1OC(=O)CC(O)CCC(OC(C)=O)C(O)/C=C/C1C. The highest BCUT2D eigenvalue weighted by Crippen LogP contribution is 2.38. The minimum absolute atomic E-state index is 0.107. The van der Waals surface area contributed by atoms with Gasteiger partial charge in [0, 0.05) is 37.5 Å². The molecule has 0 amide bonds. The zero-order valence-corrected chi connectivity index (χ0v) is 46.2. The van der Waals surface area contributed by atoms with Gasteiger partial charge in [0.2, 0.25) is 0 Å². The summed E-state index contributed by atoms with van der Waals surface area (Å²) in [5.74, 6) is -1.77. The van der Waals surface area contributed by atoms with Gasteiger partial charge in [-0.15, -0.1) is 0 Å². The lowest BCUT2D eigenvalue weighted by atomic mass is 9.93. The molecule has 0 bridgehead atoms. The van der Waals surface area contributed by atoms with Gasteiger partial charge in [-0.3, -0.25) is 19.2 Å². The van der Waals surface area contributed by atoms with Gasteiger partial charge in [-0.2, -0.15) is 0 Å². The van der Waals surface area contributed by atoms with Crippen LogP contribution in [0.15, 0.2) is 71.9 Å². The number of carbonyl (C=O) groups excluding carboxylic acids is 4. The predicted octanol–water partition coefficient (Wildman–Crippen LogP) is 7.26. The smallest absolute Gasteiger partial charge is 0.309 e. The molecule has 20 atom stereocenters. The van der Waals surface area contributed by atoms with Gasteiger partial charge < -0.3 is 59.1 Å². The van der Waals surface area contributed by atoms with Gasteiger partial charge >= 0.3 is 23.9 Å². The minimum atomic E-state index is -1.03. The molecule has 0 aromatic rings. The maximum absolute atomic E-state index is 12.5. The fraction of sp³-hybridized carbons (Fsp3) is 0.724. The zero-order chi connectivity index (χ0) is 55.4. The van der Waals surface area contributed by atoms with E-state index in [1.165, 1.54) is 13.8 Å². The number of cyclic esters (lactones) is 2. The Labute approximate surface area is 440 Å². The Morgan fingerprint density at radius 1 is 0.635 bits per heavy atom. The molecule has 0 aromatic carbocycles. The van der Waals surface area contributed by atoms with E-state index in [0.29, 0.717) is 0 Å². The molecule has 420 valence electrons. The quantitative estimate of drug-likeness (QED) is 0.0260. The number of ether oxygens (including phenoxy) is 6. The lowest BCUT2D eigenvalue weighted by Crippen LogP contribution is -2.33. The van der Waals surface area contributed by atoms with E-state index < -0.39 is 72.7 Å². The molecule has 2 fully saturated rings. The molecule has 0 spiro atoms. The predicted molar refractivity (Wildman–Crippen MR) is 281 cm³/mol. The average Bonchev–Trinajstić information content (AvgIpc) is 4.28. The second kappa shape index (κ2) is 31.9. The fourth-order valence-corrected chi connectivity index (χ4v) is 9.60. The highest BCUT2D eigenvalue weighted by molar-refractivity contribution is 5.71. The van der Waals surface area contributed by atoms with Crippen molar-refractivity contribution in [2.24, 2.45) is 35.5 Å². The number of aliphatic hydroxyl groups is 6. The maximum atomic E-state index is 12.5. The van der Waals surface area contributed by atoms with Crippen LogP contribution >= 0.6 is 0 Å². The number of epoxide rings is 2. The van der Waals surface area contributed by atoms with Crippen molar-refractivity contribution in [2.45, 2.75) is 233 Å². The van der Waals surface area contributed by atoms with Crippen LogP contribution in [0, 0.1) is 35.5 Å². The summed E-state index contributed by atoms with van der Waals surface area (Å²) < 4.78 is 33.6. The van der Waals surface area contributed by atoms with Crippen LogP contribution in [0.2, 0.25) is 0 Å². The Morgan fingerprint density at radius 2 is 1.05 bits per heavy atom. The minimum Gasteiger partial charge on any atom is -0.459 e. The zero-order valence-electron chi connectivity index (χ0n) is 46.2. The molecular formula is C58H92O16. The number of carbonyl (C=O) groups is 4. The molecule has 16 nitrogen and oxygen atoms in total. The van der Waals surface area contributed by atoms with Crippen LogP contribution in [0.4, 0.5) is 0 Å². The van der Waals surface area contributed by atoms with E-state index in [1.54, 1.807) is 24.3 Å². The molecule has 4 heterocycles. The highest BCUT2D eigenvalue weighted by atomic mass is 16.6. The maximum Gasteiger partial charge on any atom is 0.309 e.